The predicted octanol–water partition coefficient (Wildman–Crippen LogP) is 2.90. The van der Waals surface area contributed by atoms with Crippen LogP contribution in [0.1, 0.15) is 20.8 Å². The fourth-order valence-corrected chi connectivity index (χ4v) is 7.95. The van der Waals surface area contributed by atoms with Crippen LogP contribution in [0.2, 0.25) is 5.23 Å². The third-order valence-corrected chi connectivity index (χ3v) is 9.86. The molecule has 1 aromatic rings. The zero-order chi connectivity index (χ0) is 12.8. The summed E-state index contributed by atoms with van der Waals surface area (Å²) < 4.78 is 19.2. The van der Waals surface area contributed by atoms with Crippen molar-refractivity contribution in [2.24, 2.45) is 0 Å². The Labute approximate surface area is 106 Å². The quantitative estimate of drug-likeness (QED) is 0.716. The van der Waals surface area contributed by atoms with Gasteiger partial charge in [-0.1, -0.05) is 0 Å². The minimum absolute atomic E-state index is 0.600. The Morgan fingerprint density at radius 2 is 1.24 bits per heavy atom. The van der Waals surface area contributed by atoms with Gasteiger partial charge in [0, 0.05) is 0 Å². The second-order valence-electron chi connectivity index (χ2n) is 4.08. The van der Waals surface area contributed by atoms with Gasteiger partial charge in [0.25, 0.3) is 0 Å². The molecule has 0 bridgehead atoms. The van der Waals surface area contributed by atoms with Crippen LogP contribution >= 0.6 is 0 Å². The molecule has 1 aromatic carbocycles. The zero-order valence-corrected chi connectivity index (χ0v) is 12.8. The van der Waals surface area contributed by atoms with Gasteiger partial charge in [-0.2, -0.15) is 0 Å². The van der Waals surface area contributed by atoms with Crippen LogP contribution < -0.4 is 3.87 Å². The summed E-state index contributed by atoms with van der Waals surface area (Å²) >= 11 is -3.93. The number of hydrogen-bond donors (Lipinski definition) is 0. The molecule has 0 aliphatic rings. The van der Waals surface area contributed by atoms with Gasteiger partial charge in [0.05, 0.1) is 0 Å². The van der Waals surface area contributed by atoms with Gasteiger partial charge >= 0.3 is 106 Å². The van der Waals surface area contributed by atoms with Gasteiger partial charge in [-0.05, 0) is 0 Å². The Kier molecular flexibility index (Phi) is 5.35. The Bertz CT molecular complexity index is 320. The molecule has 0 aliphatic carbocycles. The Hall–Kier alpha value is -0.186. The van der Waals surface area contributed by atoms with Crippen molar-refractivity contribution >= 4 is 3.87 Å². The SMILES string of the molecule is CC[O][Ti]([CH3])([O]CC)([O]CC)[c]1ccccc1. The second kappa shape index (κ2) is 6.12. The van der Waals surface area contributed by atoms with Crippen LogP contribution in [0.15, 0.2) is 30.3 Å². The summed E-state index contributed by atoms with van der Waals surface area (Å²) in [6.07, 6.45) is 0. The van der Waals surface area contributed by atoms with E-state index in [2.05, 4.69) is 0 Å². The molecule has 0 saturated carbocycles. The maximum absolute atomic E-state index is 6.03. The van der Waals surface area contributed by atoms with Crippen LogP contribution in [-0.2, 0) is 26.4 Å². The molecule has 0 unspecified atom stereocenters. The molecule has 17 heavy (non-hydrogen) atoms. The first kappa shape index (κ1) is 14.9. The molecular weight excluding hydrogens is 252 g/mol. The molecule has 0 heterocycles. The van der Waals surface area contributed by atoms with E-state index in [1.165, 1.54) is 0 Å². The molecule has 0 amide bonds. The van der Waals surface area contributed by atoms with Gasteiger partial charge in [0.2, 0.25) is 0 Å². The van der Waals surface area contributed by atoms with Crippen LogP contribution in [0.4, 0.5) is 0 Å². The average molecular weight is 275 g/mol. The summed E-state index contributed by atoms with van der Waals surface area (Å²) in [5, 5.41) is 2.03. The normalized spacial score (nSPS) is 14.2. The van der Waals surface area contributed by atoms with E-state index in [-0.39, 0.29) is 0 Å². The van der Waals surface area contributed by atoms with Crippen molar-refractivity contribution in [2.45, 2.75) is 26.0 Å². The molecule has 0 N–H and O–H groups in total. The van der Waals surface area contributed by atoms with E-state index in [1.807, 2.05) is 56.3 Å². The van der Waals surface area contributed by atoms with Crippen molar-refractivity contribution in [3.63, 3.8) is 0 Å². The number of hydrogen-bond acceptors (Lipinski definition) is 3. The average Bonchev–Trinajstić information content (AvgIpc) is 2.31. The molecule has 0 radical (unpaired) electrons. The Morgan fingerprint density at radius 1 is 0.824 bits per heavy atom. The summed E-state index contributed by atoms with van der Waals surface area (Å²) in [5.41, 5.74) is 0. The fraction of sp³-hybridized carbons (Fsp3) is 0.538. The topological polar surface area (TPSA) is 27.7 Å². The van der Waals surface area contributed by atoms with Gasteiger partial charge in [-0.15, -0.1) is 0 Å². The van der Waals surface area contributed by atoms with Crippen LogP contribution in [0.25, 0.3) is 0 Å². The predicted molar refractivity (Wildman–Crippen MR) is 66.8 cm³/mol. The van der Waals surface area contributed by atoms with Crippen LogP contribution in [0.5, 0.6) is 0 Å². The molecule has 3 nitrogen and oxygen atoms in total. The summed E-state index contributed by atoms with van der Waals surface area (Å²) in [6, 6.07) is 10.1. The summed E-state index contributed by atoms with van der Waals surface area (Å²) in [5.74, 6) is 0. The van der Waals surface area contributed by atoms with Crippen molar-refractivity contribution in [1.82, 2.24) is 0 Å². The summed E-state index contributed by atoms with van der Waals surface area (Å²) in [4.78, 5) is 0. The van der Waals surface area contributed by atoms with Crippen LogP contribution in [0.3, 0.4) is 0 Å². The van der Waals surface area contributed by atoms with E-state index in [0.717, 1.165) is 3.87 Å². The molecule has 0 aromatic heterocycles. The number of benzene rings is 1. The van der Waals surface area contributed by atoms with Crippen molar-refractivity contribution in [1.29, 1.82) is 0 Å². The standard InChI is InChI=1S/C6H5.3C2H5O.CH3.Ti/c1-2-4-6-5-3-1;3*1-2-3;;/h1-5H;3*2H2,1H3;1H3;/q;3*-1;;+3. The van der Waals surface area contributed by atoms with Crippen molar-refractivity contribution < 1.29 is 26.4 Å². The van der Waals surface area contributed by atoms with Crippen LogP contribution in [-0.4, -0.2) is 19.8 Å². The van der Waals surface area contributed by atoms with Crippen molar-refractivity contribution in [3.05, 3.63) is 30.3 Å². The molecular formula is C13H23O3Ti. The fourth-order valence-electron chi connectivity index (χ4n) is 2.19. The van der Waals surface area contributed by atoms with E-state index in [1.54, 1.807) is 0 Å². The Morgan fingerprint density at radius 3 is 1.59 bits per heavy atom. The van der Waals surface area contributed by atoms with E-state index < -0.39 is 16.5 Å². The van der Waals surface area contributed by atoms with E-state index in [9.17, 15) is 0 Å². The third kappa shape index (κ3) is 3.18. The summed E-state index contributed by atoms with van der Waals surface area (Å²) in [6.45, 7) is 7.74. The first-order valence-corrected chi connectivity index (χ1v) is 10.5. The van der Waals surface area contributed by atoms with Gasteiger partial charge in [0.1, 0.15) is 0 Å². The van der Waals surface area contributed by atoms with Crippen molar-refractivity contribution in [2.75, 3.05) is 19.8 Å². The second-order valence-corrected chi connectivity index (χ2v) is 10.8. The summed E-state index contributed by atoms with van der Waals surface area (Å²) in [7, 11) is 0. The molecule has 0 fully saturated rings. The van der Waals surface area contributed by atoms with E-state index in [4.69, 9.17) is 9.96 Å². The molecule has 4 heteroatoms. The van der Waals surface area contributed by atoms with Gasteiger partial charge in [-0.3, -0.25) is 0 Å². The van der Waals surface area contributed by atoms with Crippen LogP contribution in [0, 0.1) is 0 Å². The molecule has 0 atom stereocenters. The molecule has 0 saturated heterocycles. The van der Waals surface area contributed by atoms with Gasteiger partial charge in [0.15, 0.2) is 0 Å². The van der Waals surface area contributed by atoms with Gasteiger partial charge < -0.3 is 0 Å². The van der Waals surface area contributed by atoms with Crippen molar-refractivity contribution in [3.8, 4) is 0 Å². The number of rotatable bonds is 7. The minimum atomic E-state index is -3.93. The monoisotopic (exact) mass is 275 g/mol. The molecule has 0 spiro atoms. The molecule has 0 aliphatic heterocycles. The third-order valence-electron chi connectivity index (χ3n) is 2.85. The zero-order valence-electron chi connectivity index (χ0n) is 11.2. The maximum atomic E-state index is 6.03. The Balaban J connectivity index is 3.23. The first-order valence-electron chi connectivity index (χ1n) is 6.26. The van der Waals surface area contributed by atoms with E-state index >= 15 is 0 Å². The molecule has 97 valence electrons. The van der Waals surface area contributed by atoms with Gasteiger partial charge in [-0.25, -0.2) is 0 Å². The first-order chi connectivity index (χ1) is 8.09. The molecule has 1 rings (SSSR count). The van der Waals surface area contributed by atoms with E-state index in [0.29, 0.717) is 19.8 Å².